The van der Waals surface area contributed by atoms with Crippen molar-refractivity contribution in [3.63, 3.8) is 0 Å². The Bertz CT molecular complexity index is 354. The molecule has 0 atom stereocenters. The molecule has 0 aromatic carbocycles. The molecule has 0 amide bonds. The predicted octanol–water partition coefficient (Wildman–Crippen LogP) is -0.0874. The maximum absolute atomic E-state index is 4.28. The minimum absolute atomic E-state index is 0.721. The van der Waals surface area contributed by atoms with Crippen LogP contribution in [0.4, 0.5) is 5.82 Å². The van der Waals surface area contributed by atoms with Gasteiger partial charge in [0.1, 0.15) is 12.1 Å². The third kappa shape index (κ3) is 2.25. The maximum Gasteiger partial charge on any atom is 0.132 e. The third-order valence-electron chi connectivity index (χ3n) is 3.81. The summed E-state index contributed by atoms with van der Waals surface area (Å²) in [6.07, 6.45) is 3.43. The number of piperazine rings is 1. The van der Waals surface area contributed by atoms with E-state index in [9.17, 15) is 0 Å². The molecule has 1 aromatic rings. The number of rotatable bonds is 2. The summed E-state index contributed by atoms with van der Waals surface area (Å²) in [7, 11) is 2.20. The first-order valence-electron chi connectivity index (χ1n) is 6.26. The van der Waals surface area contributed by atoms with Crippen molar-refractivity contribution in [2.24, 2.45) is 0 Å². The molecule has 17 heavy (non-hydrogen) atoms. The van der Waals surface area contributed by atoms with Crippen LogP contribution in [0, 0.1) is 0 Å². The molecule has 3 heterocycles. The van der Waals surface area contributed by atoms with Gasteiger partial charge < -0.3 is 9.80 Å². The summed E-state index contributed by atoms with van der Waals surface area (Å²) in [5, 5.41) is 0. The quantitative estimate of drug-likeness (QED) is 0.713. The molecule has 0 aliphatic carbocycles. The fourth-order valence-corrected chi connectivity index (χ4v) is 2.53. The molecule has 0 radical (unpaired) electrons. The van der Waals surface area contributed by atoms with Gasteiger partial charge >= 0.3 is 0 Å². The molecule has 2 fully saturated rings. The standard InChI is InChI=1S/C12H19N5/c1-15-4-6-16(7-5-15)11-8-17(9-11)12-2-3-13-10-14-12/h2-3,10-11H,4-9H2,1H3. The fourth-order valence-electron chi connectivity index (χ4n) is 2.53. The van der Waals surface area contributed by atoms with Crippen LogP contribution in [0.25, 0.3) is 0 Å². The number of aromatic nitrogens is 2. The number of likely N-dealkylation sites (N-methyl/N-ethyl adjacent to an activating group) is 1. The lowest BCUT2D eigenvalue weighted by atomic mass is 10.1. The Morgan fingerprint density at radius 2 is 1.94 bits per heavy atom. The molecule has 0 bridgehead atoms. The molecular weight excluding hydrogens is 214 g/mol. The Balaban J connectivity index is 1.52. The number of hydrogen-bond donors (Lipinski definition) is 0. The number of hydrogen-bond acceptors (Lipinski definition) is 5. The summed E-state index contributed by atoms with van der Waals surface area (Å²) < 4.78 is 0. The highest BCUT2D eigenvalue weighted by Crippen LogP contribution is 2.21. The van der Waals surface area contributed by atoms with Gasteiger partial charge in [0.2, 0.25) is 0 Å². The van der Waals surface area contributed by atoms with Gasteiger partial charge in [-0.1, -0.05) is 0 Å². The molecule has 1 aromatic heterocycles. The van der Waals surface area contributed by atoms with E-state index in [1.165, 1.54) is 26.2 Å². The molecule has 2 aliphatic heterocycles. The molecule has 3 rings (SSSR count). The minimum Gasteiger partial charge on any atom is -0.353 e. The van der Waals surface area contributed by atoms with Crippen LogP contribution >= 0.6 is 0 Å². The van der Waals surface area contributed by atoms with E-state index in [0.717, 1.165) is 24.9 Å². The lowest BCUT2D eigenvalue weighted by molar-refractivity contribution is 0.0960. The molecule has 0 unspecified atom stereocenters. The number of nitrogens with zero attached hydrogens (tertiary/aromatic N) is 5. The van der Waals surface area contributed by atoms with Crippen molar-refractivity contribution < 1.29 is 0 Å². The Labute approximate surface area is 102 Å². The van der Waals surface area contributed by atoms with Gasteiger partial charge in [0.15, 0.2) is 0 Å². The lowest BCUT2D eigenvalue weighted by Gasteiger charge is -2.48. The average molecular weight is 233 g/mol. The van der Waals surface area contributed by atoms with Crippen LogP contribution in [0.2, 0.25) is 0 Å². The highest BCUT2D eigenvalue weighted by Gasteiger charge is 2.33. The van der Waals surface area contributed by atoms with Gasteiger partial charge in [-0.2, -0.15) is 0 Å². The maximum atomic E-state index is 4.28. The van der Waals surface area contributed by atoms with Crippen LogP contribution < -0.4 is 4.90 Å². The molecule has 5 nitrogen and oxygen atoms in total. The Hall–Kier alpha value is -1.20. The minimum atomic E-state index is 0.721. The van der Waals surface area contributed by atoms with E-state index in [1.807, 2.05) is 12.3 Å². The van der Waals surface area contributed by atoms with Crippen molar-refractivity contribution in [1.29, 1.82) is 0 Å². The monoisotopic (exact) mass is 233 g/mol. The van der Waals surface area contributed by atoms with Crippen molar-refractivity contribution in [3.05, 3.63) is 18.6 Å². The molecule has 2 aliphatic rings. The van der Waals surface area contributed by atoms with Crippen LogP contribution in [-0.4, -0.2) is 72.1 Å². The van der Waals surface area contributed by atoms with Crippen molar-refractivity contribution in [3.8, 4) is 0 Å². The zero-order valence-corrected chi connectivity index (χ0v) is 10.3. The van der Waals surface area contributed by atoms with Gasteiger partial charge in [-0.25, -0.2) is 9.97 Å². The van der Waals surface area contributed by atoms with E-state index in [2.05, 4.69) is 31.7 Å². The second kappa shape index (κ2) is 4.58. The normalized spacial score (nSPS) is 23.7. The Kier molecular flexibility index (Phi) is 2.94. The molecule has 0 saturated carbocycles. The molecule has 2 saturated heterocycles. The van der Waals surface area contributed by atoms with Crippen molar-refractivity contribution in [1.82, 2.24) is 19.8 Å². The van der Waals surface area contributed by atoms with Crippen LogP contribution in [0.3, 0.4) is 0 Å². The Morgan fingerprint density at radius 3 is 2.59 bits per heavy atom. The zero-order valence-electron chi connectivity index (χ0n) is 10.3. The van der Waals surface area contributed by atoms with E-state index in [-0.39, 0.29) is 0 Å². The van der Waals surface area contributed by atoms with Gasteiger partial charge in [-0.15, -0.1) is 0 Å². The first kappa shape index (κ1) is 10.9. The van der Waals surface area contributed by atoms with Crippen molar-refractivity contribution in [2.45, 2.75) is 6.04 Å². The smallest absolute Gasteiger partial charge is 0.132 e. The van der Waals surface area contributed by atoms with E-state index in [4.69, 9.17) is 0 Å². The summed E-state index contributed by atoms with van der Waals surface area (Å²) >= 11 is 0. The zero-order chi connectivity index (χ0) is 11.7. The largest absolute Gasteiger partial charge is 0.353 e. The topological polar surface area (TPSA) is 35.5 Å². The summed E-state index contributed by atoms with van der Waals surface area (Å²) in [6.45, 7) is 7.03. The van der Waals surface area contributed by atoms with E-state index in [1.54, 1.807) is 6.33 Å². The van der Waals surface area contributed by atoms with Crippen LogP contribution in [0.15, 0.2) is 18.6 Å². The Morgan fingerprint density at radius 1 is 1.18 bits per heavy atom. The van der Waals surface area contributed by atoms with Crippen molar-refractivity contribution in [2.75, 3.05) is 51.2 Å². The van der Waals surface area contributed by atoms with Crippen LogP contribution in [-0.2, 0) is 0 Å². The van der Waals surface area contributed by atoms with E-state index >= 15 is 0 Å². The summed E-state index contributed by atoms with van der Waals surface area (Å²) in [4.78, 5) is 15.6. The molecule has 0 N–H and O–H groups in total. The van der Waals surface area contributed by atoms with E-state index < -0.39 is 0 Å². The van der Waals surface area contributed by atoms with Crippen LogP contribution in [0.1, 0.15) is 0 Å². The summed E-state index contributed by atoms with van der Waals surface area (Å²) in [5.74, 6) is 1.06. The summed E-state index contributed by atoms with van der Waals surface area (Å²) in [6, 6.07) is 2.71. The SMILES string of the molecule is CN1CCN(C2CN(c3ccncn3)C2)CC1. The molecule has 92 valence electrons. The second-order valence-corrected chi connectivity index (χ2v) is 4.97. The van der Waals surface area contributed by atoms with Crippen LogP contribution in [0.5, 0.6) is 0 Å². The average Bonchev–Trinajstić information content (AvgIpc) is 2.31. The third-order valence-corrected chi connectivity index (χ3v) is 3.81. The first-order valence-corrected chi connectivity index (χ1v) is 6.26. The molecular formula is C12H19N5. The summed E-state index contributed by atoms with van der Waals surface area (Å²) in [5.41, 5.74) is 0. The fraction of sp³-hybridized carbons (Fsp3) is 0.667. The predicted molar refractivity (Wildman–Crippen MR) is 67.1 cm³/mol. The van der Waals surface area contributed by atoms with Crippen molar-refractivity contribution >= 4 is 5.82 Å². The molecule has 0 spiro atoms. The van der Waals surface area contributed by atoms with E-state index in [0.29, 0.717) is 0 Å². The van der Waals surface area contributed by atoms with Gasteiger partial charge in [0.25, 0.3) is 0 Å². The van der Waals surface area contributed by atoms with Gasteiger partial charge in [-0.3, -0.25) is 4.90 Å². The highest BCUT2D eigenvalue weighted by molar-refractivity contribution is 5.40. The number of anilines is 1. The highest BCUT2D eigenvalue weighted by atomic mass is 15.4. The lowest BCUT2D eigenvalue weighted by Crippen LogP contribution is -2.63. The van der Waals surface area contributed by atoms with Gasteiger partial charge in [0, 0.05) is 51.5 Å². The molecule has 5 heteroatoms. The second-order valence-electron chi connectivity index (χ2n) is 4.97. The van der Waals surface area contributed by atoms with Gasteiger partial charge in [0.05, 0.1) is 0 Å². The first-order chi connectivity index (χ1) is 8.33. The van der Waals surface area contributed by atoms with Gasteiger partial charge in [-0.05, 0) is 13.1 Å².